The molecule has 0 radical (unpaired) electrons. The second-order valence-electron chi connectivity index (χ2n) is 31.8. The standard InChI is InChI=1S/C78H125ClN12O13/c1-22-51(10)67-77(103)91(21)64(41-50(8)9)76(102)90(20)63(44-54-28-26-31-56(79)42-54)71(97)83-59(46-104-78(12,13)14)75(101)89(19)62(40-49(6)7)70(96)82-58(43-53-33-35-80-36-34-53)74(100)86(16)52(11)73(99)88(18)61(39-48(4)5)69(95)81-57(68(94)55-29-24-23-25-30-55)45-66(93)85(15)37-27-32-65(92)87(17)60(38-47(2)3)72(98)84-67/h26,28,31,33-36,42,47-52,55,57-64,67H,22-25,27,29-30,32,37-41,43-46H2,1-21H3,(H,81,95)(H,82,96)(H,83,97)(H,84,98)/t51-,52-,57-,58-,59-,60-,61-,62-,63-,64-,67-/m0/s1. The number of hydrogen-bond acceptors (Lipinski definition) is 14. The molecule has 2 aromatic rings. The van der Waals surface area contributed by atoms with Crippen LogP contribution in [-0.2, 0) is 75.1 Å². The Morgan fingerprint density at radius 1 is 0.538 bits per heavy atom. The number of rotatable bonds is 18. The molecule has 582 valence electrons. The second kappa shape index (κ2) is 41.4. The van der Waals surface area contributed by atoms with Crippen molar-refractivity contribution in [3.05, 3.63) is 64.9 Å². The van der Waals surface area contributed by atoms with Gasteiger partial charge >= 0.3 is 0 Å². The van der Waals surface area contributed by atoms with Gasteiger partial charge in [0.1, 0.15) is 54.4 Å². The highest BCUT2D eigenvalue weighted by Gasteiger charge is 2.44. The van der Waals surface area contributed by atoms with E-state index in [9.17, 15) is 28.8 Å². The van der Waals surface area contributed by atoms with Crippen molar-refractivity contribution in [2.45, 2.75) is 259 Å². The van der Waals surface area contributed by atoms with E-state index in [1.807, 2.05) is 62.3 Å². The number of likely N-dealkylation sites (N-methyl/N-ethyl adjacent to an activating group) is 6. The molecule has 11 atom stereocenters. The van der Waals surface area contributed by atoms with Crippen LogP contribution in [0.5, 0.6) is 0 Å². The molecule has 25 nitrogen and oxygen atoms in total. The minimum Gasteiger partial charge on any atom is -0.373 e. The van der Waals surface area contributed by atoms with Gasteiger partial charge in [-0.05, 0) is 138 Å². The highest BCUT2D eigenvalue weighted by atomic mass is 35.5. The Hall–Kier alpha value is -7.54. The summed E-state index contributed by atoms with van der Waals surface area (Å²) in [6.07, 6.45) is 7.12. The van der Waals surface area contributed by atoms with E-state index in [0.29, 0.717) is 35.4 Å². The van der Waals surface area contributed by atoms with Gasteiger partial charge in [0.05, 0.1) is 24.7 Å². The molecule has 1 aromatic carbocycles. The third-order valence-corrected chi connectivity index (χ3v) is 20.5. The molecule has 1 saturated heterocycles. The molecule has 2 heterocycles. The van der Waals surface area contributed by atoms with E-state index in [2.05, 4.69) is 26.3 Å². The number of halogens is 1. The van der Waals surface area contributed by atoms with Gasteiger partial charge in [0.15, 0.2) is 5.78 Å². The highest BCUT2D eigenvalue weighted by molar-refractivity contribution is 6.30. The van der Waals surface area contributed by atoms with E-state index >= 15 is 28.8 Å². The normalized spacial score (nSPS) is 25.1. The fourth-order valence-corrected chi connectivity index (χ4v) is 13.6. The van der Waals surface area contributed by atoms with E-state index in [1.165, 1.54) is 95.9 Å². The fourth-order valence-electron chi connectivity index (χ4n) is 13.4. The Kier molecular flexibility index (Phi) is 35.4. The van der Waals surface area contributed by atoms with Crippen molar-refractivity contribution in [2.24, 2.45) is 35.5 Å². The predicted molar refractivity (Wildman–Crippen MR) is 402 cm³/mol. The third kappa shape index (κ3) is 26.5. The molecule has 1 aromatic heterocycles. The Labute approximate surface area is 624 Å². The summed E-state index contributed by atoms with van der Waals surface area (Å²) in [6, 6.07) is -2.62. The Morgan fingerprint density at radius 3 is 1.56 bits per heavy atom. The quantitative estimate of drug-likeness (QED) is 0.114. The first-order valence-corrected chi connectivity index (χ1v) is 37.8. The van der Waals surface area contributed by atoms with Gasteiger partial charge < -0.3 is 60.3 Å². The van der Waals surface area contributed by atoms with Crippen molar-refractivity contribution < 1.29 is 62.3 Å². The average Bonchev–Trinajstić information content (AvgIpc) is 0.819. The number of nitrogens with one attached hydrogen (secondary N) is 4. The van der Waals surface area contributed by atoms with Gasteiger partial charge in [0.2, 0.25) is 65.0 Å². The minimum absolute atomic E-state index is 0.0623. The molecule has 26 heteroatoms. The highest BCUT2D eigenvalue weighted by Crippen LogP contribution is 2.28. The summed E-state index contributed by atoms with van der Waals surface area (Å²) < 4.78 is 6.27. The molecule has 4 rings (SSSR count). The van der Waals surface area contributed by atoms with Crippen LogP contribution in [0, 0.1) is 35.5 Å². The van der Waals surface area contributed by atoms with Crippen LogP contribution in [0.2, 0.25) is 5.02 Å². The molecular formula is C78H125ClN12O13. The van der Waals surface area contributed by atoms with E-state index < -0.39 is 156 Å². The summed E-state index contributed by atoms with van der Waals surface area (Å²) in [5, 5.41) is 12.1. The van der Waals surface area contributed by atoms with Crippen LogP contribution in [0.1, 0.15) is 192 Å². The molecule has 2 fully saturated rings. The molecule has 1 aliphatic heterocycles. The van der Waals surface area contributed by atoms with Crippen LogP contribution >= 0.6 is 11.6 Å². The molecule has 4 N–H and O–H groups in total. The molecule has 0 spiro atoms. The number of ketones is 1. The molecule has 0 unspecified atom stereocenters. The fraction of sp³-hybridized carbons (Fsp3) is 0.705. The molecule has 0 bridgehead atoms. The van der Waals surface area contributed by atoms with Gasteiger partial charge in [-0.15, -0.1) is 0 Å². The topological polar surface area (TPSA) is 298 Å². The average molecular weight is 1470 g/mol. The SMILES string of the molecule is CC[C@H](C)[C@@H]1NC(=O)[C@H](CC(C)C)N(C)C(=O)CCCN(C)C(=O)C[C@@H](C(=O)C2CCCCC2)NC(=O)[C@H](CC(C)C)N(C)C(=O)[C@H](C)N(C)C(=O)[C@H](Cc2ccncc2)NC(=O)[C@H](CC(C)C)N(C)C(=O)[C@H](COC(C)(C)C)NC(=O)[C@H](Cc2cccc(Cl)c2)N(C)C(=O)[C@H](CC(C)C)N(C)C1=O. The zero-order valence-corrected chi connectivity index (χ0v) is 66.9. The van der Waals surface area contributed by atoms with Crippen LogP contribution in [0.25, 0.3) is 0 Å². The maximum absolute atomic E-state index is 15.6. The lowest BCUT2D eigenvalue weighted by atomic mass is 9.83. The van der Waals surface area contributed by atoms with E-state index in [1.54, 1.807) is 71.1 Å². The molecular weight excluding hydrogens is 1350 g/mol. The van der Waals surface area contributed by atoms with Crippen LogP contribution in [0.3, 0.4) is 0 Å². The summed E-state index contributed by atoms with van der Waals surface area (Å²) in [5.41, 5.74) is 0.275. The van der Waals surface area contributed by atoms with Crippen LogP contribution in [-0.4, -0.2) is 239 Å². The Morgan fingerprint density at radius 2 is 1.02 bits per heavy atom. The number of pyridine rings is 1. The van der Waals surface area contributed by atoms with Gasteiger partial charge in [-0.3, -0.25) is 62.5 Å². The van der Waals surface area contributed by atoms with Crippen molar-refractivity contribution in [1.29, 1.82) is 0 Å². The minimum atomic E-state index is -1.50. The van der Waals surface area contributed by atoms with E-state index in [0.717, 1.165) is 19.3 Å². The summed E-state index contributed by atoms with van der Waals surface area (Å²) >= 11 is 6.56. The number of carbonyl (C=O) groups excluding carboxylic acids is 12. The van der Waals surface area contributed by atoms with Crippen molar-refractivity contribution in [2.75, 3.05) is 62.5 Å². The largest absolute Gasteiger partial charge is 0.373 e. The Bertz CT molecular complexity index is 3230. The molecule has 1 aliphatic carbocycles. The van der Waals surface area contributed by atoms with Gasteiger partial charge in [0, 0.05) is 98.5 Å². The first kappa shape index (κ1) is 88.9. The molecule has 1 saturated carbocycles. The third-order valence-electron chi connectivity index (χ3n) is 20.2. The zero-order chi connectivity index (χ0) is 78.4. The number of hydrogen-bond donors (Lipinski definition) is 4. The van der Waals surface area contributed by atoms with Crippen LogP contribution < -0.4 is 21.3 Å². The van der Waals surface area contributed by atoms with E-state index in [4.69, 9.17) is 16.3 Å². The van der Waals surface area contributed by atoms with E-state index in [-0.39, 0.29) is 87.4 Å². The number of benzene rings is 1. The first-order chi connectivity index (χ1) is 48.6. The monoisotopic (exact) mass is 1470 g/mol. The van der Waals surface area contributed by atoms with Gasteiger partial charge in [-0.1, -0.05) is 119 Å². The summed E-state index contributed by atoms with van der Waals surface area (Å²) in [5.74, 6) is -8.93. The molecule has 11 amide bonds. The maximum Gasteiger partial charge on any atom is 0.247 e. The van der Waals surface area contributed by atoms with Crippen LogP contribution in [0.15, 0.2) is 48.8 Å². The second-order valence-corrected chi connectivity index (χ2v) is 32.2. The number of amides is 11. The maximum atomic E-state index is 15.6. The van der Waals surface area contributed by atoms with Crippen LogP contribution in [0.4, 0.5) is 0 Å². The van der Waals surface area contributed by atoms with Crippen molar-refractivity contribution in [1.82, 2.24) is 60.6 Å². The number of ether oxygens (including phenoxy) is 1. The summed E-state index contributed by atoms with van der Waals surface area (Å²) in [6.45, 7) is 25.2. The zero-order valence-electron chi connectivity index (χ0n) is 66.1. The van der Waals surface area contributed by atoms with Gasteiger partial charge in [-0.2, -0.15) is 0 Å². The van der Waals surface area contributed by atoms with Gasteiger partial charge in [-0.25, -0.2) is 0 Å². The molecule has 104 heavy (non-hydrogen) atoms. The Balaban J connectivity index is 1.97. The smallest absolute Gasteiger partial charge is 0.247 e. The predicted octanol–water partition coefficient (Wildman–Crippen LogP) is 7.28. The number of aromatic nitrogens is 1. The first-order valence-electron chi connectivity index (χ1n) is 37.5. The lowest BCUT2D eigenvalue weighted by Crippen LogP contribution is -2.62. The molecule has 2 aliphatic rings. The number of nitrogens with zero attached hydrogens (tertiary/aromatic N) is 8. The van der Waals surface area contributed by atoms with Gasteiger partial charge in [0.25, 0.3) is 0 Å². The number of carbonyl (C=O) groups is 12. The summed E-state index contributed by atoms with van der Waals surface area (Å²) in [7, 11) is 10.3. The number of Topliss-reactive ketones (excluding diaryl/α,β-unsaturated/α-hetero) is 1. The lowest BCUT2D eigenvalue weighted by molar-refractivity contribution is -0.151. The lowest BCUT2D eigenvalue weighted by Gasteiger charge is -2.38. The van der Waals surface area contributed by atoms with Crippen molar-refractivity contribution in [3.63, 3.8) is 0 Å². The van der Waals surface area contributed by atoms with Crippen molar-refractivity contribution >= 4 is 82.4 Å². The summed E-state index contributed by atoms with van der Waals surface area (Å²) in [4.78, 5) is 193. The van der Waals surface area contributed by atoms with Crippen molar-refractivity contribution in [3.8, 4) is 0 Å².